The first-order valence-corrected chi connectivity index (χ1v) is 8.63. The molecule has 2 aromatic rings. The van der Waals surface area contributed by atoms with Crippen molar-refractivity contribution >= 4 is 5.97 Å². The van der Waals surface area contributed by atoms with Crippen molar-refractivity contribution in [2.75, 3.05) is 0 Å². The lowest BCUT2D eigenvalue weighted by Crippen LogP contribution is -2.34. The molecule has 2 saturated carbocycles. The fraction of sp³-hybridized carbons (Fsp3) is 0.381. The molecule has 2 nitrogen and oxygen atoms in total. The summed E-state index contributed by atoms with van der Waals surface area (Å²) in [5.41, 5.74) is 2.67. The summed E-state index contributed by atoms with van der Waals surface area (Å²) < 4.78 is 5.71. The average molecular weight is 304 g/mol. The first kappa shape index (κ1) is 13.4. The zero-order valence-corrected chi connectivity index (χ0v) is 13.0. The Morgan fingerprint density at radius 3 is 1.83 bits per heavy atom. The van der Waals surface area contributed by atoms with E-state index in [1.54, 1.807) is 0 Å². The molecule has 2 aromatic carbocycles. The predicted molar refractivity (Wildman–Crippen MR) is 88.0 cm³/mol. The molecule has 1 aliphatic heterocycles. The maximum Gasteiger partial charge on any atom is 0.310 e. The Hall–Kier alpha value is -2.09. The standard InChI is InChI=1S/C21H20O2/c22-21-20-17-12-15(23-21)11-16(17)18(13-7-3-1-4-8-13)19(20)14-9-5-2-6-10-14/h1-10,15-20H,11-12H2/t15-,16?,17-,18-,19+,20?/m1/s1. The van der Waals surface area contributed by atoms with Crippen molar-refractivity contribution in [2.45, 2.75) is 30.8 Å². The van der Waals surface area contributed by atoms with E-state index in [4.69, 9.17) is 4.74 Å². The van der Waals surface area contributed by atoms with Gasteiger partial charge >= 0.3 is 5.97 Å². The van der Waals surface area contributed by atoms with Crippen LogP contribution in [-0.2, 0) is 9.53 Å². The number of ether oxygens (including phenoxy) is 1. The third-order valence-corrected chi connectivity index (χ3v) is 6.24. The predicted octanol–water partition coefficient (Wildman–Crippen LogP) is 4.14. The molecular formula is C21H20O2. The summed E-state index contributed by atoms with van der Waals surface area (Å²) in [7, 11) is 0. The Balaban J connectivity index is 1.66. The van der Waals surface area contributed by atoms with E-state index < -0.39 is 0 Å². The monoisotopic (exact) mass is 304 g/mol. The highest BCUT2D eigenvalue weighted by Gasteiger charge is 2.61. The zero-order chi connectivity index (χ0) is 15.4. The normalized spacial score (nSPS) is 37.7. The maximum absolute atomic E-state index is 12.7. The zero-order valence-electron chi connectivity index (χ0n) is 13.0. The van der Waals surface area contributed by atoms with Crippen molar-refractivity contribution in [3.8, 4) is 0 Å². The molecule has 2 heteroatoms. The van der Waals surface area contributed by atoms with Crippen molar-refractivity contribution in [1.82, 2.24) is 0 Å². The fourth-order valence-electron chi connectivity index (χ4n) is 5.51. The number of esters is 1. The number of hydrogen-bond acceptors (Lipinski definition) is 2. The molecule has 2 unspecified atom stereocenters. The number of carbonyl (C=O) groups is 1. The molecule has 0 radical (unpaired) electrons. The van der Waals surface area contributed by atoms with E-state index in [0.29, 0.717) is 17.8 Å². The molecule has 0 amide bonds. The van der Waals surface area contributed by atoms with Crippen LogP contribution in [0.5, 0.6) is 0 Å². The molecule has 116 valence electrons. The molecule has 3 aliphatic rings. The number of hydrogen-bond donors (Lipinski definition) is 0. The second kappa shape index (κ2) is 4.95. The van der Waals surface area contributed by atoms with E-state index in [2.05, 4.69) is 54.6 Å². The van der Waals surface area contributed by atoms with Gasteiger partial charge in [0.05, 0.1) is 5.92 Å². The van der Waals surface area contributed by atoms with Crippen LogP contribution in [0.2, 0.25) is 0 Å². The lowest BCUT2D eigenvalue weighted by Gasteiger charge is -2.32. The summed E-state index contributed by atoms with van der Waals surface area (Å²) in [4.78, 5) is 12.7. The Bertz CT molecular complexity index is 724. The Morgan fingerprint density at radius 1 is 0.696 bits per heavy atom. The fourth-order valence-corrected chi connectivity index (χ4v) is 5.51. The largest absolute Gasteiger partial charge is 0.462 e. The van der Waals surface area contributed by atoms with Gasteiger partial charge < -0.3 is 4.74 Å². The van der Waals surface area contributed by atoms with E-state index in [0.717, 1.165) is 12.8 Å². The first-order valence-electron chi connectivity index (χ1n) is 8.63. The minimum absolute atomic E-state index is 0.0337. The molecule has 6 atom stereocenters. The van der Waals surface area contributed by atoms with Gasteiger partial charge in [0.2, 0.25) is 0 Å². The Morgan fingerprint density at radius 2 is 1.22 bits per heavy atom. The van der Waals surface area contributed by atoms with Gasteiger partial charge in [-0.1, -0.05) is 60.7 Å². The molecule has 0 N–H and O–H groups in total. The smallest absolute Gasteiger partial charge is 0.310 e. The van der Waals surface area contributed by atoms with Crippen LogP contribution in [0.3, 0.4) is 0 Å². The molecular weight excluding hydrogens is 284 g/mol. The molecule has 0 spiro atoms. The van der Waals surface area contributed by atoms with Gasteiger partial charge in [0.25, 0.3) is 0 Å². The third kappa shape index (κ3) is 1.90. The number of fused-ring (bicyclic) bond motifs is 1. The third-order valence-electron chi connectivity index (χ3n) is 6.24. The summed E-state index contributed by atoms with van der Waals surface area (Å²) in [6.45, 7) is 0. The van der Waals surface area contributed by atoms with Crippen molar-refractivity contribution in [3.05, 3.63) is 71.8 Å². The SMILES string of the molecule is O=C1O[C@@H]2CC3[C@@H](C2)C1[C@@H](c1ccccc1)[C@@H]3c1ccccc1. The number of rotatable bonds is 2. The highest BCUT2D eigenvalue weighted by molar-refractivity contribution is 5.77. The summed E-state index contributed by atoms with van der Waals surface area (Å²) in [5, 5.41) is 0. The van der Waals surface area contributed by atoms with Crippen LogP contribution in [0.4, 0.5) is 0 Å². The average Bonchev–Trinajstić information content (AvgIpc) is 3.08. The minimum atomic E-state index is 0.0337. The summed E-state index contributed by atoms with van der Waals surface area (Å²) >= 11 is 0. The second-order valence-electron chi connectivity index (χ2n) is 7.26. The highest BCUT2D eigenvalue weighted by Crippen LogP contribution is 2.64. The van der Waals surface area contributed by atoms with Crippen molar-refractivity contribution in [2.24, 2.45) is 17.8 Å². The second-order valence-corrected chi connectivity index (χ2v) is 7.26. The van der Waals surface area contributed by atoms with Gasteiger partial charge in [-0.25, -0.2) is 0 Å². The first-order chi connectivity index (χ1) is 11.3. The summed E-state index contributed by atoms with van der Waals surface area (Å²) in [6.07, 6.45) is 2.26. The molecule has 23 heavy (non-hydrogen) atoms. The Kier molecular flexibility index (Phi) is 2.88. The van der Waals surface area contributed by atoms with Gasteiger partial charge in [0.1, 0.15) is 6.10 Å². The Labute approximate surface area is 136 Å². The van der Waals surface area contributed by atoms with Crippen molar-refractivity contribution in [1.29, 1.82) is 0 Å². The van der Waals surface area contributed by atoms with Crippen LogP contribution < -0.4 is 0 Å². The molecule has 2 bridgehead atoms. The molecule has 3 fully saturated rings. The molecule has 1 heterocycles. The minimum Gasteiger partial charge on any atom is -0.462 e. The van der Waals surface area contributed by atoms with Crippen LogP contribution in [0.15, 0.2) is 60.7 Å². The molecule has 0 aromatic heterocycles. The maximum atomic E-state index is 12.7. The number of carbonyl (C=O) groups excluding carboxylic acids is 1. The molecule has 2 aliphatic carbocycles. The van der Waals surface area contributed by atoms with E-state index in [-0.39, 0.29) is 23.9 Å². The van der Waals surface area contributed by atoms with E-state index in [1.807, 2.05) is 6.07 Å². The van der Waals surface area contributed by atoms with Gasteiger partial charge in [-0.15, -0.1) is 0 Å². The lowest BCUT2D eigenvalue weighted by molar-refractivity contribution is -0.160. The van der Waals surface area contributed by atoms with Crippen molar-refractivity contribution < 1.29 is 9.53 Å². The quantitative estimate of drug-likeness (QED) is 0.780. The van der Waals surface area contributed by atoms with Crippen LogP contribution in [0, 0.1) is 17.8 Å². The van der Waals surface area contributed by atoms with Gasteiger partial charge in [-0.3, -0.25) is 4.79 Å². The van der Waals surface area contributed by atoms with Crippen LogP contribution >= 0.6 is 0 Å². The van der Waals surface area contributed by atoms with Crippen molar-refractivity contribution in [3.63, 3.8) is 0 Å². The van der Waals surface area contributed by atoms with E-state index in [1.165, 1.54) is 11.1 Å². The molecule has 1 saturated heterocycles. The topological polar surface area (TPSA) is 26.3 Å². The van der Waals surface area contributed by atoms with Gasteiger partial charge in [-0.2, -0.15) is 0 Å². The number of benzene rings is 2. The highest BCUT2D eigenvalue weighted by atomic mass is 16.5. The van der Waals surface area contributed by atoms with Gasteiger partial charge in [-0.05, 0) is 41.7 Å². The van der Waals surface area contributed by atoms with Crippen LogP contribution in [0.25, 0.3) is 0 Å². The van der Waals surface area contributed by atoms with Gasteiger partial charge in [0, 0.05) is 5.92 Å². The summed E-state index contributed by atoms with van der Waals surface area (Å²) in [5.74, 6) is 1.84. The van der Waals surface area contributed by atoms with Crippen LogP contribution in [0.1, 0.15) is 35.8 Å². The lowest BCUT2D eigenvalue weighted by atomic mass is 9.76. The summed E-state index contributed by atoms with van der Waals surface area (Å²) in [6, 6.07) is 21.4. The van der Waals surface area contributed by atoms with Gasteiger partial charge in [0.15, 0.2) is 0 Å². The van der Waals surface area contributed by atoms with Crippen LogP contribution in [-0.4, -0.2) is 12.1 Å². The van der Waals surface area contributed by atoms with E-state index >= 15 is 0 Å². The van der Waals surface area contributed by atoms with E-state index in [9.17, 15) is 4.79 Å². The molecule has 5 rings (SSSR count).